The van der Waals surface area contributed by atoms with Crippen LogP contribution in [0.15, 0.2) is 66.7 Å². The molecule has 3 N–H and O–H groups in total. The molecule has 1 unspecified atom stereocenters. The van der Waals surface area contributed by atoms with Gasteiger partial charge in [-0.15, -0.1) is 12.4 Å². The number of nitrogens with zero attached hydrogens (tertiary/aromatic N) is 1. The molecule has 3 aromatic carbocycles. The fourth-order valence-corrected chi connectivity index (χ4v) is 5.48. The third kappa shape index (κ3) is 5.52. The van der Waals surface area contributed by atoms with E-state index in [4.69, 9.17) is 10.5 Å². The number of halogens is 3. The number of likely N-dealkylation sites (tertiary alicyclic amines) is 1. The number of benzene rings is 3. The Morgan fingerprint density at radius 1 is 1.05 bits per heavy atom. The molecule has 1 atom stereocenters. The Bertz CT molecular complexity index is 1340. The van der Waals surface area contributed by atoms with E-state index in [2.05, 4.69) is 5.32 Å². The number of ether oxygens (including phenoxy) is 1. The molecular formula is C30H32ClF2N3O2. The lowest BCUT2D eigenvalue weighted by Crippen LogP contribution is -2.38. The minimum atomic E-state index is -0.327. The van der Waals surface area contributed by atoms with E-state index in [0.717, 1.165) is 27.8 Å². The number of rotatable bonds is 7. The van der Waals surface area contributed by atoms with Crippen LogP contribution in [-0.2, 0) is 16.1 Å². The highest BCUT2D eigenvalue weighted by Crippen LogP contribution is 2.42. The van der Waals surface area contributed by atoms with E-state index in [1.807, 2.05) is 41.3 Å². The van der Waals surface area contributed by atoms with Gasteiger partial charge in [-0.05, 0) is 76.4 Å². The molecule has 200 valence electrons. The smallest absolute Gasteiger partial charge is 0.254 e. The molecule has 1 saturated heterocycles. The highest BCUT2D eigenvalue weighted by atomic mass is 35.5. The zero-order chi connectivity index (χ0) is 25.9. The minimum Gasteiger partial charge on any atom is -0.370 e. The molecule has 0 aromatic heterocycles. The van der Waals surface area contributed by atoms with Crippen LogP contribution < -0.4 is 11.1 Å². The van der Waals surface area contributed by atoms with E-state index in [1.165, 1.54) is 18.2 Å². The van der Waals surface area contributed by atoms with Gasteiger partial charge in [-0.1, -0.05) is 42.5 Å². The standard InChI is InChI=1S/C30H31F2N3O2.ClH/c1-37-18-34-28-16-26(29-23(6-3-7-24(28)29)21-4-2-5-22(31)15-21)30(36)35-12-10-20(11-13-35)25-14-19(17-33)8-9-27(25)32;/h2-9,14-16,20,28,34H,10-13,17-18,33H2,1H3;1H. The molecule has 0 saturated carbocycles. The topological polar surface area (TPSA) is 67.6 Å². The van der Waals surface area contributed by atoms with E-state index in [1.54, 1.807) is 19.2 Å². The van der Waals surface area contributed by atoms with Crippen molar-refractivity contribution >= 4 is 23.9 Å². The van der Waals surface area contributed by atoms with Crippen LogP contribution in [0.2, 0.25) is 0 Å². The Hall–Kier alpha value is -3.10. The Morgan fingerprint density at radius 2 is 1.82 bits per heavy atom. The van der Waals surface area contributed by atoms with Gasteiger partial charge in [0, 0.05) is 32.3 Å². The summed E-state index contributed by atoms with van der Waals surface area (Å²) in [5, 5.41) is 3.32. The summed E-state index contributed by atoms with van der Waals surface area (Å²) in [5.41, 5.74) is 11.2. The van der Waals surface area contributed by atoms with Crippen molar-refractivity contribution in [2.24, 2.45) is 5.73 Å². The van der Waals surface area contributed by atoms with E-state index < -0.39 is 0 Å². The number of nitrogens with one attached hydrogen (secondary N) is 1. The first kappa shape index (κ1) is 27.9. The monoisotopic (exact) mass is 539 g/mol. The van der Waals surface area contributed by atoms with Gasteiger partial charge in [-0.3, -0.25) is 10.1 Å². The summed E-state index contributed by atoms with van der Waals surface area (Å²) < 4.78 is 33.9. The zero-order valence-corrected chi connectivity index (χ0v) is 22.1. The van der Waals surface area contributed by atoms with E-state index in [9.17, 15) is 13.6 Å². The van der Waals surface area contributed by atoms with Crippen molar-refractivity contribution in [3.63, 3.8) is 0 Å². The average Bonchev–Trinajstić information content (AvgIpc) is 3.30. The van der Waals surface area contributed by atoms with Gasteiger partial charge in [0.15, 0.2) is 0 Å². The third-order valence-electron chi connectivity index (χ3n) is 7.37. The maximum Gasteiger partial charge on any atom is 0.254 e. The van der Waals surface area contributed by atoms with Crippen molar-refractivity contribution in [1.29, 1.82) is 0 Å². The van der Waals surface area contributed by atoms with Gasteiger partial charge in [0.25, 0.3) is 5.91 Å². The van der Waals surface area contributed by atoms with Crippen molar-refractivity contribution in [2.75, 3.05) is 26.9 Å². The molecule has 1 fully saturated rings. The molecule has 1 amide bonds. The van der Waals surface area contributed by atoms with Crippen LogP contribution in [-0.4, -0.2) is 37.7 Å². The largest absolute Gasteiger partial charge is 0.370 e. The molecule has 2 aliphatic rings. The number of carbonyl (C=O) groups is 1. The van der Waals surface area contributed by atoms with Crippen LogP contribution in [0, 0.1) is 11.6 Å². The molecular weight excluding hydrogens is 508 g/mol. The molecule has 38 heavy (non-hydrogen) atoms. The molecule has 3 aromatic rings. The fraction of sp³-hybridized carbons (Fsp3) is 0.300. The van der Waals surface area contributed by atoms with E-state index in [-0.39, 0.29) is 41.9 Å². The van der Waals surface area contributed by atoms with Gasteiger partial charge in [0.05, 0.1) is 12.8 Å². The quantitative estimate of drug-likeness (QED) is 0.386. The Labute approximate surface area is 228 Å². The Kier molecular flexibility index (Phi) is 8.95. The van der Waals surface area contributed by atoms with Gasteiger partial charge in [-0.25, -0.2) is 8.78 Å². The Morgan fingerprint density at radius 3 is 2.53 bits per heavy atom. The summed E-state index contributed by atoms with van der Waals surface area (Å²) in [6.07, 6.45) is 3.28. The number of hydrogen-bond donors (Lipinski definition) is 2. The predicted octanol–water partition coefficient (Wildman–Crippen LogP) is 5.55. The van der Waals surface area contributed by atoms with Crippen LogP contribution in [0.1, 0.15) is 47.1 Å². The first-order valence-electron chi connectivity index (χ1n) is 12.6. The van der Waals surface area contributed by atoms with Gasteiger partial charge in [-0.2, -0.15) is 0 Å². The van der Waals surface area contributed by atoms with Crippen LogP contribution in [0.25, 0.3) is 16.7 Å². The van der Waals surface area contributed by atoms with Crippen molar-refractivity contribution in [1.82, 2.24) is 10.2 Å². The van der Waals surface area contributed by atoms with E-state index in [0.29, 0.717) is 50.3 Å². The molecule has 5 nitrogen and oxygen atoms in total. The third-order valence-corrected chi connectivity index (χ3v) is 7.37. The lowest BCUT2D eigenvalue weighted by molar-refractivity contribution is -0.126. The van der Waals surface area contributed by atoms with Crippen molar-refractivity contribution in [3.05, 3.63) is 101 Å². The lowest BCUT2D eigenvalue weighted by Gasteiger charge is -2.33. The molecule has 1 aliphatic heterocycles. The molecule has 0 bridgehead atoms. The van der Waals surface area contributed by atoms with Crippen LogP contribution >= 0.6 is 12.4 Å². The summed E-state index contributed by atoms with van der Waals surface area (Å²) >= 11 is 0. The second-order valence-electron chi connectivity index (χ2n) is 9.60. The summed E-state index contributed by atoms with van der Waals surface area (Å²) in [7, 11) is 1.61. The first-order valence-corrected chi connectivity index (χ1v) is 12.6. The molecule has 8 heteroatoms. The SMILES string of the molecule is COCNC1C=C(C(=O)N2CCC(c3cc(CN)ccc3F)CC2)c2c(-c3cccc(F)c3)cccc21.Cl. The van der Waals surface area contributed by atoms with Crippen LogP contribution in [0.4, 0.5) is 8.78 Å². The fourth-order valence-electron chi connectivity index (χ4n) is 5.48. The summed E-state index contributed by atoms with van der Waals surface area (Å²) in [5.74, 6) is -0.575. The van der Waals surface area contributed by atoms with Gasteiger partial charge in [0.1, 0.15) is 11.6 Å². The number of piperidine rings is 1. The second-order valence-corrected chi connectivity index (χ2v) is 9.60. The zero-order valence-electron chi connectivity index (χ0n) is 21.3. The van der Waals surface area contributed by atoms with E-state index >= 15 is 0 Å². The minimum absolute atomic E-state index is 0. The highest BCUT2D eigenvalue weighted by Gasteiger charge is 2.34. The molecule has 1 aliphatic carbocycles. The summed E-state index contributed by atoms with van der Waals surface area (Å²) in [6, 6.07) is 17.1. The van der Waals surface area contributed by atoms with Crippen molar-refractivity contribution in [2.45, 2.75) is 31.3 Å². The number of nitrogens with two attached hydrogens (primary N) is 1. The van der Waals surface area contributed by atoms with Gasteiger partial charge < -0.3 is 15.4 Å². The molecule has 5 rings (SSSR count). The van der Waals surface area contributed by atoms with Gasteiger partial charge in [0.2, 0.25) is 0 Å². The maximum atomic E-state index is 14.6. The summed E-state index contributed by atoms with van der Waals surface area (Å²) in [4.78, 5) is 15.7. The average molecular weight is 540 g/mol. The van der Waals surface area contributed by atoms with Gasteiger partial charge >= 0.3 is 0 Å². The second kappa shape index (κ2) is 12.2. The van der Waals surface area contributed by atoms with Crippen molar-refractivity contribution < 1.29 is 18.3 Å². The number of hydrogen-bond acceptors (Lipinski definition) is 4. The number of amides is 1. The van der Waals surface area contributed by atoms with Crippen LogP contribution in [0.5, 0.6) is 0 Å². The number of carbonyl (C=O) groups excluding carboxylic acids is 1. The number of fused-ring (bicyclic) bond motifs is 1. The highest BCUT2D eigenvalue weighted by molar-refractivity contribution is 6.23. The Balaban J connectivity index is 0.00000336. The summed E-state index contributed by atoms with van der Waals surface area (Å²) in [6.45, 7) is 1.75. The molecule has 0 spiro atoms. The number of methoxy groups -OCH3 is 1. The lowest BCUT2D eigenvalue weighted by atomic mass is 9.87. The van der Waals surface area contributed by atoms with Crippen molar-refractivity contribution in [3.8, 4) is 11.1 Å². The molecule has 1 heterocycles. The van der Waals surface area contributed by atoms with Crippen LogP contribution in [0.3, 0.4) is 0 Å². The first-order chi connectivity index (χ1) is 18.0. The normalized spacial score (nSPS) is 17.1. The maximum absolute atomic E-state index is 14.6. The predicted molar refractivity (Wildman–Crippen MR) is 148 cm³/mol. The molecule has 0 radical (unpaired) electrons.